The predicted octanol–water partition coefficient (Wildman–Crippen LogP) is 2.22. The van der Waals surface area contributed by atoms with E-state index >= 15 is 0 Å². The van der Waals surface area contributed by atoms with Crippen LogP contribution in [-0.4, -0.2) is 31.5 Å². The third-order valence-corrected chi connectivity index (χ3v) is 4.84. The van der Waals surface area contributed by atoms with Crippen LogP contribution in [0.25, 0.3) is 0 Å². The molecule has 3 nitrogen and oxygen atoms in total. The average molecular weight is 249 g/mol. The summed E-state index contributed by atoms with van der Waals surface area (Å²) in [6.07, 6.45) is 0.740. The molecule has 98 valence electrons. The standard InChI is InChI=1S/C12H27NO2S/c1-10(2)16(14,15)8-7-11(3)9-13-12(4,5)6/h10-11,13H,7-9H2,1-6H3. The van der Waals surface area contributed by atoms with Crippen molar-refractivity contribution in [3.63, 3.8) is 0 Å². The van der Waals surface area contributed by atoms with Crippen LogP contribution in [0.4, 0.5) is 0 Å². The Balaban J connectivity index is 3.96. The molecule has 0 radical (unpaired) electrons. The van der Waals surface area contributed by atoms with Crippen LogP contribution in [0.15, 0.2) is 0 Å². The lowest BCUT2D eigenvalue weighted by Crippen LogP contribution is -2.39. The molecule has 0 aromatic carbocycles. The van der Waals surface area contributed by atoms with Crippen molar-refractivity contribution in [3.05, 3.63) is 0 Å². The van der Waals surface area contributed by atoms with Crippen LogP contribution in [0.3, 0.4) is 0 Å². The van der Waals surface area contributed by atoms with Gasteiger partial charge < -0.3 is 5.32 Å². The van der Waals surface area contributed by atoms with Gasteiger partial charge in [-0.25, -0.2) is 8.42 Å². The van der Waals surface area contributed by atoms with Crippen LogP contribution >= 0.6 is 0 Å². The Morgan fingerprint density at radius 3 is 2.00 bits per heavy atom. The molecule has 4 heteroatoms. The van der Waals surface area contributed by atoms with Crippen molar-refractivity contribution in [1.82, 2.24) is 5.32 Å². The molecule has 0 aliphatic carbocycles. The van der Waals surface area contributed by atoms with Crippen molar-refractivity contribution < 1.29 is 8.42 Å². The van der Waals surface area contributed by atoms with Crippen LogP contribution in [0.1, 0.15) is 48.0 Å². The van der Waals surface area contributed by atoms with Gasteiger partial charge in [-0.1, -0.05) is 6.92 Å². The smallest absolute Gasteiger partial charge is 0.152 e. The molecule has 0 aliphatic rings. The molecule has 0 amide bonds. The number of sulfone groups is 1. The Hall–Kier alpha value is -0.0900. The van der Waals surface area contributed by atoms with Crippen LogP contribution in [0.5, 0.6) is 0 Å². The fourth-order valence-electron chi connectivity index (χ4n) is 1.18. The molecule has 1 unspecified atom stereocenters. The summed E-state index contributed by atoms with van der Waals surface area (Å²) in [5.41, 5.74) is 0.102. The summed E-state index contributed by atoms with van der Waals surface area (Å²) < 4.78 is 23.2. The zero-order valence-corrected chi connectivity index (χ0v) is 12.3. The van der Waals surface area contributed by atoms with E-state index < -0.39 is 9.84 Å². The SMILES string of the molecule is CC(CCS(=O)(=O)C(C)C)CNC(C)(C)C. The Morgan fingerprint density at radius 2 is 1.62 bits per heavy atom. The van der Waals surface area contributed by atoms with Gasteiger partial charge in [-0.05, 0) is 53.5 Å². The van der Waals surface area contributed by atoms with Crippen molar-refractivity contribution in [2.75, 3.05) is 12.3 Å². The van der Waals surface area contributed by atoms with E-state index in [4.69, 9.17) is 0 Å². The molecule has 0 saturated heterocycles. The number of nitrogens with one attached hydrogen (secondary N) is 1. The molecular weight excluding hydrogens is 222 g/mol. The number of hydrogen-bond acceptors (Lipinski definition) is 3. The van der Waals surface area contributed by atoms with Crippen molar-refractivity contribution in [2.24, 2.45) is 5.92 Å². The van der Waals surface area contributed by atoms with E-state index in [-0.39, 0.29) is 10.8 Å². The second-order valence-electron chi connectivity index (χ2n) is 5.94. The van der Waals surface area contributed by atoms with Gasteiger partial charge in [0.05, 0.1) is 11.0 Å². The van der Waals surface area contributed by atoms with Gasteiger partial charge in [0.15, 0.2) is 9.84 Å². The van der Waals surface area contributed by atoms with E-state index in [9.17, 15) is 8.42 Å². The van der Waals surface area contributed by atoms with Gasteiger partial charge in [0.2, 0.25) is 0 Å². The highest BCUT2D eigenvalue weighted by atomic mass is 32.2. The normalized spacial score (nSPS) is 15.4. The second kappa shape index (κ2) is 6.01. The molecule has 0 aromatic rings. The molecule has 1 atom stereocenters. The molecule has 0 heterocycles. The highest BCUT2D eigenvalue weighted by molar-refractivity contribution is 7.91. The third kappa shape index (κ3) is 7.23. The topological polar surface area (TPSA) is 46.2 Å². The van der Waals surface area contributed by atoms with Crippen LogP contribution in [0, 0.1) is 5.92 Å². The highest BCUT2D eigenvalue weighted by Crippen LogP contribution is 2.09. The van der Waals surface area contributed by atoms with Crippen LogP contribution in [0.2, 0.25) is 0 Å². The maximum atomic E-state index is 11.6. The minimum Gasteiger partial charge on any atom is -0.312 e. The van der Waals surface area contributed by atoms with E-state index in [1.807, 2.05) is 0 Å². The molecule has 1 N–H and O–H groups in total. The molecule has 0 bridgehead atoms. The molecule has 0 fully saturated rings. The summed E-state index contributed by atoms with van der Waals surface area (Å²) in [5.74, 6) is 0.699. The minimum atomic E-state index is -2.87. The Kier molecular flexibility index (Phi) is 5.98. The van der Waals surface area contributed by atoms with E-state index in [0.29, 0.717) is 11.7 Å². The largest absolute Gasteiger partial charge is 0.312 e. The first-order valence-corrected chi connectivity index (χ1v) is 7.73. The van der Waals surface area contributed by atoms with Crippen molar-refractivity contribution in [1.29, 1.82) is 0 Å². The summed E-state index contributed by atoms with van der Waals surface area (Å²) in [7, 11) is -2.87. The Bertz CT molecular complexity index is 289. The first-order chi connectivity index (χ1) is 7.04. The van der Waals surface area contributed by atoms with Gasteiger partial charge in [-0.15, -0.1) is 0 Å². The van der Waals surface area contributed by atoms with E-state index in [0.717, 1.165) is 13.0 Å². The average Bonchev–Trinajstić information content (AvgIpc) is 2.10. The quantitative estimate of drug-likeness (QED) is 0.785. The summed E-state index contributed by atoms with van der Waals surface area (Å²) in [4.78, 5) is 0. The Labute approximate surface area is 101 Å². The minimum absolute atomic E-state index is 0.102. The van der Waals surface area contributed by atoms with E-state index in [1.165, 1.54) is 0 Å². The van der Waals surface area contributed by atoms with Gasteiger partial charge >= 0.3 is 0 Å². The lowest BCUT2D eigenvalue weighted by atomic mass is 10.1. The summed E-state index contributed by atoms with van der Waals surface area (Å²) >= 11 is 0. The summed E-state index contributed by atoms with van der Waals surface area (Å²) in [6, 6.07) is 0. The zero-order valence-electron chi connectivity index (χ0n) is 11.5. The molecule has 0 rings (SSSR count). The highest BCUT2D eigenvalue weighted by Gasteiger charge is 2.18. The van der Waals surface area contributed by atoms with Crippen molar-refractivity contribution in [2.45, 2.75) is 58.8 Å². The predicted molar refractivity (Wildman–Crippen MR) is 70.5 cm³/mol. The lowest BCUT2D eigenvalue weighted by molar-refractivity contribution is 0.378. The fraction of sp³-hybridized carbons (Fsp3) is 1.00. The molecule has 0 spiro atoms. The van der Waals surface area contributed by atoms with Gasteiger partial charge in [-0.3, -0.25) is 0 Å². The van der Waals surface area contributed by atoms with Gasteiger partial charge in [0.1, 0.15) is 0 Å². The van der Waals surface area contributed by atoms with E-state index in [2.05, 4.69) is 33.0 Å². The maximum Gasteiger partial charge on any atom is 0.152 e. The lowest BCUT2D eigenvalue weighted by Gasteiger charge is -2.23. The number of hydrogen-bond donors (Lipinski definition) is 1. The fourth-order valence-corrected chi connectivity index (χ4v) is 2.39. The zero-order chi connectivity index (χ0) is 13.0. The first-order valence-electron chi connectivity index (χ1n) is 6.01. The van der Waals surface area contributed by atoms with E-state index in [1.54, 1.807) is 13.8 Å². The Morgan fingerprint density at radius 1 is 1.12 bits per heavy atom. The molecule has 0 saturated carbocycles. The van der Waals surface area contributed by atoms with Crippen molar-refractivity contribution in [3.8, 4) is 0 Å². The second-order valence-corrected chi connectivity index (χ2v) is 8.62. The third-order valence-electron chi connectivity index (χ3n) is 2.59. The molecular formula is C12H27NO2S. The van der Waals surface area contributed by atoms with Gasteiger partial charge in [-0.2, -0.15) is 0 Å². The number of rotatable bonds is 6. The first kappa shape index (κ1) is 15.9. The molecule has 0 aromatic heterocycles. The summed E-state index contributed by atoms with van der Waals surface area (Å²) in [5, 5.41) is 3.14. The maximum absolute atomic E-state index is 11.6. The van der Waals surface area contributed by atoms with Crippen LogP contribution < -0.4 is 5.32 Å². The monoisotopic (exact) mass is 249 g/mol. The summed E-state index contributed by atoms with van der Waals surface area (Å²) in [6.45, 7) is 12.8. The van der Waals surface area contributed by atoms with Gasteiger partial charge in [0.25, 0.3) is 0 Å². The molecule has 16 heavy (non-hydrogen) atoms. The van der Waals surface area contributed by atoms with Gasteiger partial charge in [0, 0.05) is 5.54 Å². The molecule has 0 aliphatic heterocycles. The van der Waals surface area contributed by atoms with Crippen molar-refractivity contribution >= 4 is 9.84 Å². The van der Waals surface area contributed by atoms with Crippen LogP contribution in [-0.2, 0) is 9.84 Å².